The lowest BCUT2D eigenvalue weighted by molar-refractivity contribution is 0.426. The fourth-order valence-electron chi connectivity index (χ4n) is 2.97. The Morgan fingerprint density at radius 3 is 1.71 bits per heavy atom. The number of benzene rings is 1. The van der Waals surface area contributed by atoms with Gasteiger partial charge in [0.25, 0.3) is 0 Å². The molecule has 0 saturated heterocycles. The third kappa shape index (κ3) is 1.37. The van der Waals surface area contributed by atoms with E-state index in [-0.39, 0.29) is 0 Å². The summed E-state index contributed by atoms with van der Waals surface area (Å²) in [5.74, 6) is 1.35. The summed E-state index contributed by atoms with van der Waals surface area (Å²) in [6.45, 7) is 0. The Kier molecular flexibility index (Phi) is 2.60. The lowest BCUT2D eigenvalue weighted by Crippen LogP contribution is -1.97. The van der Waals surface area contributed by atoms with Crippen molar-refractivity contribution >= 4 is 23.5 Å². The molecule has 2 nitrogen and oxygen atoms in total. The average Bonchev–Trinajstić information content (AvgIpc) is 2.93. The van der Waals surface area contributed by atoms with Gasteiger partial charge in [0.1, 0.15) is 11.5 Å². The van der Waals surface area contributed by atoms with Crippen LogP contribution in [-0.4, -0.2) is 22.7 Å². The standard InChI is InChI=1S/C13H14O2S2/c1-16-12-10(14)8-6-3-4-7(5-6)9(8)11(15)13(12)17-2/h3-4,6-7,14-15H,5H2,1-2H3. The number of rotatable bonds is 2. The van der Waals surface area contributed by atoms with Gasteiger partial charge in [0.15, 0.2) is 0 Å². The van der Waals surface area contributed by atoms with Gasteiger partial charge in [-0.1, -0.05) is 12.2 Å². The van der Waals surface area contributed by atoms with Crippen molar-refractivity contribution in [3.63, 3.8) is 0 Å². The molecule has 90 valence electrons. The molecule has 0 spiro atoms. The van der Waals surface area contributed by atoms with E-state index in [1.807, 2.05) is 12.5 Å². The van der Waals surface area contributed by atoms with Crippen LogP contribution in [0, 0.1) is 0 Å². The zero-order valence-electron chi connectivity index (χ0n) is 9.73. The normalized spacial score (nSPS) is 24.4. The zero-order chi connectivity index (χ0) is 12.2. The fourth-order valence-corrected chi connectivity index (χ4v) is 4.64. The van der Waals surface area contributed by atoms with Crippen LogP contribution < -0.4 is 0 Å². The van der Waals surface area contributed by atoms with Crippen LogP contribution >= 0.6 is 23.5 Å². The molecule has 2 aliphatic rings. The van der Waals surface area contributed by atoms with Gasteiger partial charge in [-0.15, -0.1) is 23.5 Å². The van der Waals surface area contributed by atoms with Crippen molar-refractivity contribution in [1.82, 2.24) is 0 Å². The molecule has 0 radical (unpaired) electrons. The number of fused-ring (bicyclic) bond motifs is 5. The molecule has 0 fully saturated rings. The summed E-state index contributed by atoms with van der Waals surface area (Å²) in [6, 6.07) is 0. The first-order valence-corrected chi connectivity index (χ1v) is 8.02. The van der Waals surface area contributed by atoms with E-state index in [1.165, 1.54) is 23.5 Å². The smallest absolute Gasteiger partial charge is 0.134 e. The van der Waals surface area contributed by atoms with Gasteiger partial charge in [-0.3, -0.25) is 0 Å². The quantitative estimate of drug-likeness (QED) is 0.486. The van der Waals surface area contributed by atoms with E-state index in [2.05, 4.69) is 12.2 Å². The van der Waals surface area contributed by atoms with Gasteiger partial charge in [-0.25, -0.2) is 0 Å². The van der Waals surface area contributed by atoms with Crippen molar-refractivity contribution in [1.29, 1.82) is 0 Å². The number of phenolic OH excluding ortho intramolecular Hbond substituents is 2. The molecular weight excluding hydrogens is 252 g/mol. The van der Waals surface area contributed by atoms with Crippen molar-refractivity contribution in [3.05, 3.63) is 23.3 Å². The van der Waals surface area contributed by atoms with Gasteiger partial charge in [0.05, 0.1) is 9.79 Å². The maximum atomic E-state index is 10.4. The Bertz CT molecular complexity index is 478. The SMILES string of the molecule is CSc1c(O)c2c(c(O)c1SC)C1C=CC2C1. The first-order chi connectivity index (χ1) is 8.19. The number of phenols is 2. The van der Waals surface area contributed by atoms with Gasteiger partial charge in [0, 0.05) is 23.0 Å². The molecule has 0 heterocycles. The summed E-state index contributed by atoms with van der Waals surface area (Å²) in [5, 5.41) is 20.8. The van der Waals surface area contributed by atoms with E-state index >= 15 is 0 Å². The van der Waals surface area contributed by atoms with Crippen molar-refractivity contribution in [2.24, 2.45) is 0 Å². The van der Waals surface area contributed by atoms with Gasteiger partial charge in [-0.2, -0.15) is 0 Å². The second kappa shape index (κ2) is 3.89. The highest BCUT2D eigenvalue weighted by Gasteiger charge is 2.39. The Balaban J connectivity index is 2.33. The van der Waals surface area contributed by atoms with Crippen LogP contribution in [0.15, 0.2) is 21.9 Å². The zero-order valence-corrected chi connectivity index (χ0v) is 11.4. The highest BCUT2D eigenvalue weighted by atomic mass is 32.2. The third-order valence-corrected chi connectivity index (χ3v) is 5.41. The van der Waals surface area contributed by atoms with E-state index in [4.69, 9.17) is 0 Å². The van der Waals surface area contributed by atoms with E-state index < -0.39 is 0 Å². The summed E-state index contributed by atoms with van der Waals surface area (Å²) in [7, 11) is 0. The lowest BCUT2D eigenvalue weighted by Gasteiger charge is -2.19. The van der Waals surface area contributed by atoms with Gasteiger partial charge in [-0.05, 0) is 18.9 Å². The van der Waals surface area contributed by atoms with E-state index in [0.717, 1.165) is 27.3 Å². The average molecular weight is 266 g/mol. The van der Waals surface area contributed by atoms with Crippen LogP contribution in [0.5, 0.6) is 11.5 Å². The number of hydrogen-bond donors (Lipinski definition) is 2. The molecule has 0 saturated carbocycles. The van der Waals surface area contributed by atoms with Crippen molar-refractivity contribution in [3.8, 4) is 11.5 Å². The minimum absolute atomic E-state index is 0.294. The highest BCUT2D eigenvalue weighted by Crippen LogP contribution is 2.59. The molecule has 2 unspecified atom stereocenters. The summed E-state index contributed by atoms with van der Waals surface area (Å²) in [5.41, 5.74) is 1.91. The highest BCUT2D eigenvalue weighted by molar-refractivity contribution is 8.01. The van der Waals surface area contributed by atoms with Crippen LogP contribution in [0.2, 0.25) is 0 Å². The summed E-state index contributed by atoms with van der Waals surface area (Å²) < 4.78 is 0. The molecule has 2 atom stereocenters. The summed E-state index contributed by atoms with van der Waals surface area (Å²) in [6.07, 6.45) is 9.17. The molecule has 2 aliphatic carbocycles. The van der Waals surface area contributed by atoms with Crippen molar-refractivity contribution in [2.75, 3.05) is 12.5 Å². The summed E-state index contributed by atoms with van der Waals surface area (Å²) >= 11 is 3.00. The van der Waals surface area contributed by atoms with E-state index in [1.54, 1.807) is 0 Å². The van der Waals surface area contributed by atoms with E-state index in [9.17, 15) is 10.2 Å². The Hall–Kier alpha value is -0.740. The molecule has 2 N–H and O–H groups in total. The van der Waals surface area contributed by atoms with Crippen molar-refractivity contribution in [2.45, 2.75) is 28.0 Å². The second-order valence-electron chi connectivity index (χ2n) is 4.42. The Morgan fingerprint density at radius 2 is 1.35 bits per heavy atom. The number of thioether (sulfide) groups is 2. The molecule has 0 aliphatic heterocycles. The number of allylic oxidation sites excluding steroid dienone is 2. The molecule has 17 heavy (non-hydrogen) atoms. The first-order valence-electron chi connectivity index (χ1n) is 5.57. The predicted molar refractivity (Wildman–Crippen MR) is 72.6 cm³/mol. The van der Waals surface area contributed by atoms with Gasteiger partial charge >= 0.3 is 0 Å². The Labute approximate surface area is 109 Å². The fraction of sp³-hybridized carbons (Fsp3) is 0.385. The molecule has 4 heteroatoms. The maximum absolute atomic E-state index is 10.4. The van der Waals surface area contributed by atoms with Crippen LogP contribution in [0.1, 0.15) is 29.4 Å². The van der Waals surface area contributed by atoms with Crippen molar-refractivity contribution < 1.29 is 10.2 Å². The third-order valence-electron chi connectivity index (χ3n) is 3.67. The Morgan fingerprint density at radius 1 is 0.941 bits per heavy atom. The van der Waals surface area contributed by atoms with E-state index in [0.29, 0.717) is 23.3 Å². The number of hydrogen-bond acceptors (Lipinski definition) is 4. The molecule has 3 rings (SSSR count). The predicted octanol–water partition coefficient (Wildman–Crippen LogP) is 3.68. The molecule has 0 aromatic heterocycles. The lowest BCUT2D eigenvalue weighted by atomic mass is 9.95. The van der Waals surface area contributed by atoms with Crippen LogP contribution in [-0.2, 0) is 0 Å². The topological polar surface area (TPSA) is 40.5 Å². The maximum Gasteiger partial charge on any atom is 0.134 e. The van der Waals surface area contributed by atoms with Crippen LogP contribution in [0.25, 0.3) is 0 Å². The minimum atomic E-state index is 0.294. The van der Waals surface area contributed by atoms with Crippen LogP contribution in [0.4, 0.5) is 0 Å². The second-order valence-corrected chi connectivity index (χ2v) is 6.06. The molecular formula is C13H14O2S2. The summed E-state index contributed by atoms with van der Waals surface area (Å²) in [4.78, 5) is 1.63. The largest absolute Gasteiger partial charge is 0.506 e. The monoisotopic (exact) mass is 266 g/mol. The molecule has 1 aromatic rings. The molecule has 1 aromatic carbocycles. The van der Waals surface area contributed by atoms with Gasteiger partial charge in [0.2, 0.25) is 0 Å². The minimum Gasteiger partial charge on any atom is -0.506 e. The first kappa shape index (κ1) is 11.4. The molecule has 0 amide bonds. The van der Waals surface area contributed by atoms with Crippen LogP contribution in [0.3, 0.4) is 0 Å². The number of aromatic hydroxyl groups is 2. The van der Waals surface area contributed by atoms with Gasteiger partial charge < -0.3 is 10.2 Å². The molecule has 2 bridgehead atoms.